The van der Waals surface area contributed by atoms with Gasteiger partial charge in [0, 0.05) is 0 Å². The van der Waals surface area contributed by atoms with Crippen molar-refractivity contribution in [2.45, 2.75) is 38.5 Å². The molecule has 0 aromatic rings. The molecule has 0 aliphatic heterocycles. The van der Waals surface area contributed by atoms with Gasteiger partial charge in [0.2, 0.25) is 0 Å². The lowest BCUT2D eigenvalue weighted by Crippen LogP contribution is -2.03. The SMILES string of the molecule is [CH2]CC1CCCCC1.[MgH2]. The third-order valence-corrected chi connectivity index (χ3v) is 2.13. The molecule has 51 valence electrons. The third-order valence-electron chi connectivity index (χ3n) is 2.13. The molecule has 1 fully saturated rings. The summed E-state index contributed by atoms with van der Waals surface area (Å²) in [5.41, 5.74) is 0. The van der Waals surface area contributed by atoms with E-state index in [1.165, 1.54) is 38.5 Å². The Morgan fingerprint density at radius 3 is 2.00 bits per heavy atom. The Labute approximate surface area is 74.6 Å². The molecule has 9 heavy (non-hydrogen) atoms. The van der Waals surface area contributed by atoms with E-state index in [0.717, 1.165) is 5.92 Å². The molecule has 1 aliphatic rings. The fourth-order valence-corrected chi connectivity index (χ4v) is 1.48. The molecule has 0 aromatic carbocycles. The van der Waals surface area contributed by atoms with Crippen molar-refractivity contribution in [3.63, 3.8) is 0 Å². The summed E-state index contributed by atoms with van der Waals surface area (Å²) in [4.78, 5) is 0. The van der Waals surface area contributed by atoms with Gasteiger partial charge in [-0.3, -0.25) is 0 Å². The first kappa shape index (κ1) is 9.77. The molecule has 1 aliphatic carbocycles. The van der Waals surface area contributed by atoms with Crippen LogP contribution in [0.4, 0.5) is 0 Å². The van der Waals surface area contributed by atoms with E-state index in [4.69, 9.17) is 0 Å². The second kappa shape index (κ2) is 5.54. The van der Waals surface area contributed by atoms with Gasteiger partial charge >= 0.3 is 23.1 Å². The van der Waals surface area contributed by atoms with Crippen LogP contribution in [0.3, 0.4) is 0 Å². The van der Waals surface area contributed by atoms with Gasteiger partial charge in [0.05, 0.1) is 0 Å². The highest BCUT2D eigenvalue weighted by Gasteiger charge is 2.09. The van der Waals surface area contributed by atoms with E-state index in [-0.39, 0.29) is 23.1 Å². The van der Waals surface area contributed by atoms with Gasteiger partial charge in [-0.15, -0.1) is 0 Å². The fraction of sp³-hybridized carbons (Fsp3) is 0.875. The summed E-state index contributed by atoms with van der Waals surface area (Å²) in [5.74, 6) is 0.976. The van der Waals surface area contributed by atoms with Gasteiger partial charge in [-0.2, -0.15) is 0 Å². The van der Waals surface area contributed by atoms with Crippen molar-refractivity contribution in [3.8, 4) is 0 Å². The molecule has 0 spiro atoms. The van der Waals surface area contributed by atoms with E-state index in [9.17, 15) is 0 Å². The quantitative estimate of drug-likeness (QED) is 0.484. The minimum atomic E-state index is 0. The lowest BCUT2D eigenvalue weighted by Gasteiger charge is -2.18. The Balaban J connectivity index is 0.000000640. The summed E-state index contributed by atoms with van der Waals surface area (Å²) < 4.78 is 0. The maximum absolute atomic E-state index is 3.91. The van der Waals surface area contributed by atoms with Gasteiger partial charge in [0.25, 0.3) is 0 Å². The van der Waals surface area contributed by atoms with Crippen LogP contribution in [0.5, 0.6) is 0 Å². The van der Waals surface area contributed by atoms with E-state index in [1.807, 2.05) is 0 Å². The van der Waals surface area contributed by atoms with Crippen LogP contribution in [-0.4, -0.2) is 23.1 Å². The molecule has 0 unspecified atom stereocenters. The van der Waals surface area contributed by atoms with Crippen molar-refractivity contribution in [1.29, 1.82) is 0 Å². The summed E-state index contributed by atoms with van der Waals surface area (Å²) in [6.07, 6.45) is 8.45. The predicted octanol–water partition coefficient (Wildman–Crippen LogP) is 1.87. The Bertz CT molecular complexity index is 55.6. The summed E-state index contributed by atoms with van der Waals surface area (Å²) in [7, 11) is 0. The van der Waals surface area contributed by atoms with E-state index in [2.05, 4.69) is 6.92 Å². The molecule has 0 bridgehead atoms. The second-order valence-corrected chi connectivity index (χ2v) is 2.79. The normalized spacial score (nSPS) is 21.0. The molecule has 0 saturated heterocycles. The maximum Gasteiger partial charge on any atom is 0.316 e. The van der Waals surface area contributed by atoms with Crippen LogP contribution in [0.15, 0.2) is 0 Å². The molecular weight excluding hydrogens is 120 g/mol. The van der Waals surface area contributed by atoms with Crippen LogP contribution in [0.25, 0.3) is 0 Å². The fourth-order valence-electron chi connectivity index (χ4n) is 1.48. The first-order valence-corrected chi connectivity index (χ1v) is 3.72. The summed E-state index contributed by atoms with van der Waals surface area (Å²) in [6.45, 7) is 3.91. The average molecular weight is 138 g/mol. The maximum atomic E-state index is 3.91. The van der Waals surface area contributed by atoms with Crippen molar-refractivity contribution in [3.05, 3.63) is 6.92 Å². The average Bonchev–Trinajstić information content (AvgIpc) is 1.90. The molecule has 1 radical (unpaired) electrons. The smallest absolute Gasteiger partial charge is 0.0533 e. The Kier molecular flexibility index (Phi) is 6.02. The minimum absolute atomic E-state index is 0. The highest BCUT2D eigenvalue weighted by atomic mass is 24.3. The van der Waals surface area contributed by atoms with Gasteiger partial charge in [0.1, 0.15) is 0 Å². The highest BCUT2D eigenvalue weighted by molar-refractivity contribution is 5.75. The zero-order valence-electron chi connectivity index (χ0n) is 5.53. The van der Waals surface area contributed by atoms with Crippen LogP contribution < -0.4 is 0 Å². The molecule has 0 nitrogen and oxygen atoms in total. The standard InChI is InChI=1S/C8H15.Mg.2H/c1-2-8-6-4-3-5-7-8;;;/h8H,1-7H2;;;. The van der Waals surface area contributed by atoms with E-state index < -0.39 is 0 Å². The lowest BCUT2D eigenvalue weighted by atomic mass is 9.88. The second-order valence-electron chi connectivity index (χ2n) is 2.79. The van der Waals surface area contributed by atoms with Gasteiger partial charge in [-0.1, -0.05) is 45.4 Å². The molecular formula is C8H17Mg. The van der Waals surface area contributed by atoms with Crippen molar-refractivity contribution in [1.82, 2.24) is 0 Å². The Morgan fingerprint density at radius 2 is 1.67 bits per heavy atom. The molecule has 0 N–H and O–H groups in total. The molecule has 0 aromatic heterocycles. The summed E-state index contributed by atoms with van der Waals surface area (Å²) >= 11 is 0. The number of hydrogen-bond acceptors (Lipinski definition) is 0. The Hall–Kier alpha value is 0.766. The van der Waals surface area contributed by atoms with Crippen LogP contribution in [-0.2, 0) is 0 Å². The molecule has 1 saturated carbocycles. The van der Waals surface area contributed by atoms with Gasteiger partial charge in [-0.05, 0) is 5.92 Å². The van der Waals surface area contributed by atoms with Crippen LogP contribution in [0, 0.1) is 12.8 Å². The van der Waals surface area contributed by atoms with Crippen LogP contribution in [0.1, 0.15) is 38.5 Å². The monoisotopic (exact) mass is 137 g/mol. The summed E-state index contributed by atoms with van der Waals surface area (Å²) in [6, 6.07) is 0. The van der Waals surface area contributed by atoms with Gasteiger partial charge in [0.15, 0.2) is 0 Å². The molecule has 0 atom stereocenters. The van der Waals surface area contributed by atoms with Crippen molar-refractivity contribution >= 4 is 23.1 Å². The van der Waals surface area contributed by atoms with Crippen molar-refractivity contribution in [2.24, 2.45) is 5.92 Å². The number of hydrogen-bond donors (Lipinski definition) is 0. The first-order valence-electron chi connectivity index (χ1n) is 3.72. The molecule has 1 heteroatoms. The minimum Gasteiger partial charge on any atom is -0.0533 e. The predicted molar refractivity (Wildman–Crippen MR) is 45.1 cm³/mol. The third kappa shape index (κ3) is 3.46. The zero-order valence-corrected chi connectivity index (χ0v) is 5.53. The van der Waals surface area contributed by atoms with Gasteiger partial charge < -0.3 is 0 Å². The molecule has 0 amide bonds. The zero-order chi connectivity index (χ0) is 5.82. The largest absolute Gasteiger partial charge is 0.316 e. The highest BCUT2D eigenvalue weighted by Crippen LogP contribution is 2.25. The van der Waals surface area contributed by atoms with E-state index >= 15 is 0 Å². The van der Waals surface area contributed by atoms with Crippen molar-refractivity contribution in [2.75, 3.05) is 0 Å². The van der Waals surface area contributed by atoms with Crippen molar-refractivity contribution < 1.29 is 0 Å². The van der Waals surface area contributed by atoms with Crippen LogP contribution >= 0.6 is 0 Å². The van der Waals surface area contributed by atoms with Crippen LogP contribution in [0.2, 0.25) is 0 Å². The first-order chi connectivity index (χ1) is 3.93. The van der Waals surface area contributed by atoms with Gasteiger partial charge in [-0.25, -0.2) is 0 Å². The van der Waals surface area contributed by atoms with E-state index in [0.29, 0.717) is 0 Å². The summed E-state index contributed by atoms with van der Waals surface area (Å²) in [5, 5.41) is 0. The molecule has 0 heterocycles. The number of rotatable bonds is 1. The topological polar surface area (TPSA) is 0 Å². The molecule has 1 rings (SSSR count). The van der Waals surface area contributed by atoms with E-state index in [1.54, 1.807) is 0 Å². The Morgan fingerprint density at radius 1 is 1.11 bits per heavy atom. The lowest BCUT2D eigenvalue weighted by molar-refractivity contribution is 0.360.